The number of rotatable bonds is 3. The van der Waals surface area contributed by atoms with E-state index in [0.29, 0.717) is 12.5 Å². The molecule has 0 bridgehead atoms. The van der Waals surface area contributed by atoms with Crippen LogP contribution in [-0.4, -0.2) is 42.5 Å². The van der Waals surface area contributed by atoms with Gasteiger partial charge in [0.1, 0.15) is 0 Å². The molecule has 0 saturated heterocycles. The number of carbonyl (C=O) groups excluding carboxylic acids is 2. The van der Waals surface area contributed by atoms with E-state index >= 15 is 0 Å². The van der Waals surface area contributed by atoms with Gasteiger partial charge in [-0.05, 0) is 31.2 Å². The quantitative estimate of drug-likeness (QED) is 0.890. The Hall–Kier alpha value is -2.09. The smallest absolute Gasteiger partial charge is 0.345 e. The maximum atomic E-state index is 12.6. The molecule has 0 heterocycles. The van der Waals surface area contributed by atoms with Gasteiger partial charge >= 0.3 is 6.18 Å². The van der Waals surface area contributed by atoms with E-state index < -0.39 is 17.6 Å². The summed E-state index contributed by atoms with van der Waals surface area (Å²) < 4.78 is 37.8. The van der Waals surface area contributed by atoms with Crippen molar-refractivity contribution in [2.75, 3.05) is 19.4 Å². The van der Waals surface area contributed by atoms with Crippen LogP contribution in [0.15, 0.2) is 24.3 Å². The SMILES string of the molecule is CN(C)C(=O)c1ccc(NC(=O)C(C)(N)C(F)(F)F)cc1. The van der Waals surface area contributed by atoms with Crippen molar-refractivity contribution in [3.8, 4) is 0 Å². The summed E-state index contributed by atoms with van der Waals surface area (Å²) in [5.41, 5.74) is 2.48. The van der Waals surface area contributed by atoms with Gasteiger partial charge in [0, 0.05) is 25.3 Å². The number of carbonyl (C=O) groups is 2. The van der Waals surface area contributed by atoms with Crippen molar-refractivity contribution < 1.29 is 22.8 Å². The highest BCUT2D eigenvalue weighted by atomic mass is 19.4. The van der Waals surface area contributed by atoms with E-state index in [1.807, 2.05) is 0 Å². The van der Waals surface area contributed by atoms with Gasteiger partial charge in [-0.15, -0.1) is 0 Å². The molecule has 1 aromatic rings. The zero-order valence-corrected chi connectivity index (χ0v) is 11.8. The van der Waals surface area contributed by atoms with Crippen LogP contribution in [0.4, 0.5) is 18.9 Å². The van der Waals surface area contributed by atoms with Crippen molar-refractivity contribution in [3.05, 3.63) is 29.8 Å². The number of benzene rings is 1. The van der Waals surface area contributed by atoms with Gasteiger partial charge in [-0.1, -0.05) is 0 Å². The predicted molar refractivity (Wildman–Crippen MR) is 71.7 cm³/mol. The first-order chi connectivity index (χ1) is 9.46. The third-order valence-electron chi connectivity index (χ3n) is 2.86. The van der Waals surface area contributed by atoms with Crippen LogP contribution < -0.4 is 11.1 Å². The zero-order valence-electron chi connectivity index (χ0n) is 11.8. The first kappa shape index (κ1) is 17.0. The Morgan fingerprint density at radius 2 is 1.62 bits per heavy atom. The molecule has 1 aromatic carbocycles. The number of nitrogens with two attached hydrogens (primary N) is 1. The van der Waals surface area contributed by atoms with E-state index in [2.05, 4.69) is 5.32 Å². The first-order valence-electron chi connectivity index (χ1n) is 5.95. The number of anilines is 1. The molecule has 1 rings (SSSR count). The number of halogens is 3. The monoisotopic (exact) mass is 303 g/mol. The van der Waals surface area contributed by atoms with Crippen molar-refractivity contribution in [3.63, 3.8) is 0 Å². The van der Waals surface area contributed by atoms with Crippen molar-refractivity contribution in [2.24, 2.45) is 5.73 Å². The number of nitrogens with zero attached hydrogens (tertiary/aromatic N) is 1. The van der Waals surface area contributed by atoms with Gasteiger partial charge in [0.05, 0.1) is 0 Å². The predicted octanol–water partition coefficient (Wildman–Crippen LogP) is 1.61. The van der Waals surface area contributed by atoms with Gasteiger partial charge < -0.3 is 16.0 Å². The van der Waals surface area contributed by atoms with E-state index in [1.54, 1.807) is 14.1 Å². The minimum atomic E-state index is -4.86. The molecular formula is C13H16F3N3O2. The van der Waals surface area contributed by atoms with Crippen LogP contribution in [0.3, 0.4) is 0 Å². The normalized spacial score (nSPS) is 14.2. The Labute approximate surface area is 119 Å². The summed E-state index contributed by atoms with van der Waals surface area (Å²) in [4.78, 5) is 24.6. The Bertz CT molecular complexity index is 537. The summed E-state index contributed by atoms with van der Waals surface area (Å²) in [6.07, 6.45) is -4.86. The van der Waals surface area contributed by atoms with Crippen molar-refractivity contribution >= 4 is 17.5 Å². The van der Waals surface area contributed by atoms with Crippen LogP contribution in [0.1, 0.15) is 17.3 Å². The fourth-order valence-corrected chi connectivity index (χ4v) is 1.34. The Kier molecular flexibility index (Phi) is 4.62. The molecule has 0 aliphatic heterocycles. The fraction of sp³-hybridized carbons (Fsp3) is 0.385. The van der Waals surface area contributed by atoms with E-state index in [0.717, 1.165) is 0 Å². The minimum Gasteiger partial charge on any atom is -0.345 e. The average molecular weight is 303 g/mol. The molecule has 0 saturated carbocycles. The minimum absolute atomic E-state index is 0.122. The molecule has 0 aromatic heterocycles. The van der Waals surface area contributed by atoms with Crippen LogP contribution in [0.2, 0.25) is 0 Å². The molecule has 2 amide bonds. The van der Waals surface area contributed by atoms with Crippen molar-refractivity contribution in [2.45, 2.75) is 18.6 Å². The highest BCUT2D eigenvalue weighted by Crippen LogP contribution is 2.29. The van der Waals surface area contributed by atoms with Gasteiger partial charge in [-0.25, -0.2) is 0 Å². The third kappa shape index (κ3) is 3.72. The molecule has 0 spiro atoms. The first-order valence-corrected chi connectivity index (χ1v) is 5.95. The molecule has 0 fully saturated rings. The molecule has 21 heavy (non-hydrogen) atoms. The molecule has 1 atom stereocenters. The van der Waals surface area contributed by atoms with E-state index in [9.17, 15) is 22.8 Å². The molecule has 1 unspecified atom stereocenters. The second-order valence-electron chi connectivity index (χ2n) is 4.93. The molecular weight excluding hydrogens is 287 g/mol. The van der Waals surface area contributed by atoms with Gasteiger partial charge in [-0.3, -0.25) is 9.59 Å². The molecule has 0 aliphatic carbocycles. The molecule has 3 N–H and O–H groups in total. The lowest BCUT2D eigenvalue weighted by Gasteiger charge is -2.26. The molecule has 5 nitrogen and oxygen atoms in total. The van der Waals surface area contributed by atoms with E-state index in [4.69, 9.17) is 5.73 Å². The van der Waals surface area contributed by atoms with Crippen LogP contribution in [-0.2, 0) is 4.79 Å². The van der Waals surface area contributed by atoms with Gasteiger partial charge in [0.2, 0.25) is 0 Å². The standard InChI is InChI=1S/C13H16F3N3O2/c1-12(17,13(14,15)16)11(21)18-9-6-4-8(5-7-9)10(20)19(2)3/h4-7H,17H2,1-3H3,(H,18,21). The zero-order chi connectivity index (χ0) is 16.4. The van der Waals surface area contributed by atoms with Gasteiger partial charge in [-0.2, -0.15) is 13.2 Å². The lowest BCUT2D eigenvalue weighted by Crippen LogP contribution is -2.59. The maximum Gasteiger partial charge on any atom is 0.415 e. The van der Waals surface area contributed by atoms with Crippen LogP contribution in [0, 0.1) is 0 Å². The third-order valence-corrected chi connectivity index (χ3v) is 2.86. The van der Waals surface area contributed by atoms with E-state index in [1.165, 1.54) is 29.2 Å². The molecule has 0 radical (unpaired) electrons. The largest absolute Gasteiger partial charge is 0.415 e. The van der Waals surface area contributed by atoms with E-state index in [-0.39, 0.29) is 11.6 Å². The average Bonchev–Trinajstić information content (AvgIpc) is 2.37. The van der Waals surface area contributed by atoms with Crippen LogP contribution in [0.25, 0.3) is 0 Å². The maximum absolute atomic E-state index is 12.6. The number of amides is 2. The molecule has 116 valence electrons. The van der Waals surface area contributed by atoms with Crippen LogP contribution in [0.5, 0.6) is 0 Å². The molecule has 8 heteroatoms. The fourth-order valence-electron chi connectivity index (χ4n) is 1.34. The summed E-state index contributed by atoms with van der Waals surface area (Å²) in [5, 5.41) is 2.08. The highest BCUT2D eigenvalue weighted by Gasteiger charge is 2.53. The van der Waals surface area contributed by atoms with Crippen LogP contribution >= 0.6 is 0 Å². The lowest BCUT2D eigenvalue weighted by molar-refractivity contribution is -0.184. The van der Waals surface area contributed by atoms with Crippen molar-refractivity contribution in [1.29, 1.82) is 0 Å². The summed E-state index contributed by atoms with van der Waals surface area (Å²) in [6.45, 7) is 0.590. The summed E-state index contributed by atoms with van der Waals surface area (Å²) in [6, 6.07) is 5.47. The lowest BCUT2D eigenvalue weighted by atomic mass is 10.0. The summed E-state index contributed by atoms with van der Waals surface area (Å²) >= 11 is 0. The van der Waals surface area contributed by atoms with Gasteiger partial charge in [0.15, 0.2) is 5.54 Å². The Balaban J connectivity index is 2.86. The Morgan fingerprint density at radius 3 is 2.00 bits per heavy atom. The Morgan fingerprint density at radius 1 is 1.14 bits per heavy atom. The highest BCUT2D eigenvalue weighted by molar-refractivity contribution is 5.99. The number of alkyl halides is 3. The number of hydrogen-bond acceptors (Lipinski definition) is 3. The second kappa shape index (κ2) is 5.72. The van der Waals surface area contributed by atoms with Gasteiger partial charge in [0.25, 0.3) is 11.8 Å². The second-order valence-corrected chi connectivity index (χ2v) is 4.93. The summed E-state index contributed by atoms with van der Waals surface area (Å²) in [5.74, 6) is -1.63. The van der Waals surface area contributed by atoms with Crippen molar-refractivity contribution in [1.82, 2.24) is 4.90 Å². The topological polar surface area (TPSA) is 75.4 Å². The number of hydrogen-bond donors (Lipinski definition) is 2. The number of nitrogens with one attached hydrogen (secondary N) is 1. The summed E-state index contributed by atoms with van der Waals surface area (Å²) in [7, 11) is 3.14. The molecule has 0 aliphatic rings.